The van der Waals surface area contributed by atoms with Gasteiger partial charge in [-0.05, 0) is 47.2 Å². The van der Waals surface area contributed by atoms with E-state index in [1.165, 1.54) is 0 Å². The normalized spacial score (nSPS) is 11.4. The molecule has 2 amide bonds. The molecule has 4 nitrogen and oxygen atoms in total. The second-order valence-corrected chi connectivity index (χ2v) is 8.71. The van der Waals surface area contributed by atoms with E-state index >= 15 is 0 Å². The average Bonchev–Trinajstić information content (AvgIpc) is 2.90. The van der Waals surface area contributed by atoms with Gasteiger partial charge in [-0.25, -0.2) is 0 Å². The van der Waals surface area contributed by atoms with Gasteiger partial charge in [0.05, 0.1) is 12.0 Å². The van der Waals surface area contributed by atoms with Gasteiger partial charge in [0.1, 0.15) is 0 Å². The van der Waals surface area contributed by atoms with Gasteiger partial charge < -0.3 is 10.6 Å². The van der Waals surface area contributed by atoms with Crippen molar-refractivity contribution >= 4 is 28.6 Å². The Morgan fingerprint density at radius 2 is 1.22 bits per heavy atom. The molecule has 4 aromatic rings. The third-order valence-electron chi connectivity index (χ3n) is 6.24. The van der Waals surface area contributed by atoms with Gasteiger partial charge >= 0.3 is 0 Å². The number of hydrogen-bond acceptors (Lipinski definition) is 2. The Morgan fingerprint density at radius 3 is 1.83 bits per heavy atom. The van der Waals surface area contributed by atoms with Crippen molar-refractivity contribution in [1.82, 2.24) is 5.32 Å². The van der Waals surface area contributed by atoms with Crippen LogP contribution in [0.5, 0.6) is 0 Å². The first kappa shape index (κ1) is 24.7. The van der Waals surface area contributed by atoms with Crippen LogP contribution in [0.1, 0.15) is 33.4 Å². The number of aryl methyl sites for hydroxylation is 2. The molecule has 0 aliphatic carbocycles. The van der Waals surface area contributed by atoms with Crippen LogP contribution in [0.15, 0.2) is 103 Å². The second-order valence-electron chi connectivity index (χ2n) is 8.71. The SMILES string of the molecule is CNC(=O)Cc1ccccc1/C(=C(\C(=O)Nc1c(C)cccc1C)c1ccccc1)c1ccccc1. The van der Waals surface area contributed by atoms with Crippen LogP contribution in [0, 0.1) is 13.8 Å². The molecule has 0 radical (unpaired) electrons. The van der Waals surface area contributed by atoms with Crippen LogP contribution in [0.4, 0.5) is 5.69 Å². The van der Waals surface area contributed by atoms with Gasteiger partial charge in [-0.3, -0.25) is 9.59 Å². The van der Waals surface area contributed by atoms with Crippen LogP contribution >= 0.6 is 0 Å². The highest BCUT2D eigenvalue weighted by molar-refractivity contribution is 6.33. The fourth-order valence-electron chi connectivity index (χ4n) is 4.40. The van der Waals surface area contributed by atoms with Crippen LogP contribution < -0.4 is 10.6 Å². The van der Waals surface area contributed by atoms with Crippen molar-refractivity contribution in [3.05, 3.63) is 137 Å². The summed E-state index contributed by atoms with van der Waals surface area (Å²) in [6, 6.07) is 33.3. The molecule has 0 heterocycles. The average molecular weight is 475 g/mol. The van der Waals surface area contributed by atoms with E-state index in [0.717, 1.165) is 44.6 Å². The van der Waals surface area contributed by atoms with E-state index in [-0.39, 0.29) is 18.2 Å². The van der Waals surface area contributed by atoms with Crippen molar-refractivity contribution in [2.75, 3.05) is 12.4 Å². The zero-order chi connectivity index (χ0) is 25.5. The van der Waals surface area contributed by atoms with Crippen molar-refractivity contribution in [2.24, 2.45) is 0 Å². The summed E-state index contributed by atoms with van der Waals surface area (Å²) in [5, 5.41) is 5.91. The number of nitrogens with one attached hydrogen (secondary N) is 2. The number of para-hydroxylation sites is 1. The number of rotatable bonds is 7. The van der Waals surface area contributed by atoms with Gasteiger partial charge in [0.25, 0.3) is 5.91 Å². The van der Waals surface area contributed by atoms with Crippen molar-refractivity contribution in [3.63, 3.8) is 0 Å². The van der Waals surface area contributed by atoms with Crippen molar-refractivity contribution in [2.45, 2.75) is 20.3 Å². The lowest BCUT2D eigenvalue weighted by molar-refractivity contribution is -0.120. The van der Waals surface area contributed by atoms with E-state index in [9.17, 15) is 9.59 Å². The molecule has 0 spiro atoms. The molecule has 4 aromatic carbocycles. The minimum Gasteiger partial charge on any atom is -0.359 e. The topological polar surface area (TPSA) is 58.2 Å². The van der Waals surface area contributed by atoms with Crippen LogP contribution in [-0.2, 0) is 16.0 Å². The Balaban J connectivity index is 2.01. The van der Waals surface area contributed by atoms with Crippen molar-refractivity contribution < 1.29 is 9.59 Å². The molecule has 0 aliphatic rings. The number of amides is 2. The Hall–Kier alpha value is -4.44. The summed E-state index contributed by atoms with van der Waals surface area (Å²) in [4.78, 5) is 26.5. The predicted octanol–water partition coefficient (Wildman–Crippen LogP) is 6.19. The summed E-state index contributed by atoms with van der Waals surface area (Å²) in [6.07, 6.45) is 0.212. The Morgan fingerprint density at radius 1 is 0.667 bits per heavy atom. The molecule has 0 unspecified atom stereocenters. The zero-order valence-electron chi connectivity index (χ0n) is 20.8. The van der Waals surface area contributed by atoms with E-state index in [4.69, 9.17) is 0 Å². The van der Waals surface area contributed by atoms with Crippen LogP contribution in [0.3, 0.4) is 0 Å². The maximum Gasteiger partial charge on any atom is 0.256 e. The molecule has 4 rings (SSSR count). The van der Waals surface area contributed by atoms with Gasteiger partial charge in [-0.15, -0.1) is 0 Å². The number of carbonyl (C=O) groups excluding carboxylic acids is 2. The largest absolute Gasteiger partial charge is 0.359 e. The molecule has 0 aromatic heterocycles. The third-order valence-corrected chi connectivity index (χ3v) is 6.24. The molecule has 180 valence electrons. The van der Waals surface area contributed by atoms with Crippen LogP contribution in [0.2, 0.25) is 0 Å². The fraction of sp³-hybridized carbons (Fsp3) is 0.125. The number of benzene rings is 4. The Labute approximate surface area is 212 Å². The first-order valence-corrected chi connectivity index (χ1v) is 12.0. The lowest BCUT2D eigenvalue weighted by Gasteiger charge is -2.20. The molecule has 2 N–H and O–H groups in total. The van der Waals surface area contributed by atoms with E-state index in [1.54, 1.807) is 7.05 Å². The van der Waals surface area contributed by atoms with E-state index in [2.05, 4.69) is 10.6 Å². The molecule has 0 saturated heterocycles. The van der Waals surface area contributed by atoms with Crippen molar-refractivity contribution in [1.29, 1.82) is 0 Å². The third kappa shape index (κ3) is 5.44. The molecule has 0 aliphatic heterocycles. The van der Waals surface area contributed by atoms with Gasteiger partial charge in [0.15, 0.2) is 0 Å². The predicted molar refractivity (Wildman–Crippen MR) is 148 cm³/mol. The highest BCUT2D eigenvalue weighted by Crippen LogP contribution is 2.35. The first-order chi connectivity index (χ1) is 17.5. The number of carbonyl (C=O) groups is 2. The quantitative estimate of drug-likeness (QED) is 0.248. The van der Waals surface area contributed by atoms with E-state index < -0.39 is 0 Å². The number of hydrogen-bond donors (Lipinski definition) is 2. The summed E-state index contributed by atoms with van der Waals surface area (Å²) < 4.78 is 0. The molecule has 0 bridgehead atoms. The monoisotopic (exact) mass is 474 g/mol. The summed E-state index contributed by atoms with van der Waals surface area (Å²) >= 11 is 0. The highest BCUT2D eigenvalue weighted by Gasteiger charge is 2.23. The standard InChI is InChI=1S/C32H30N2O2/c1-22-13-12-14-23(2)31(22)34-32(36)30(25-17-8-5-9-18-25)29(24-15-6-4-7-16-24)27-20-11-10-19-26(27)21-28(35)33-3/h4-20H,21H2,1-3H3,(H,33,35)(H,34,36)/b30-29-. The maximum absolute atomic E-state index is 14.1. The Kier molecular flexibility index (Phi) is 7.76. The highest BCUT2D eigenvalue weighted by atomic mass is 16.2. The van der Waals surface area contributed by atoms with Gasteiger partial charge in [0.2, 0.25) is 5.91 Å². The minimum atomic E-state index is -0.202. The first-order valence-electron chi connectivity index (χ1n) is 12.0. The second kappa shape index (κ2) is 11.3. The van der Waals surface area contributed by atoms with Crippen LogP contribution in [0.25, 0.3) is 11.1 Å². The van der Waals surface area contributed by atoms with Gasteiger partial charge in [0, 0.05) is 18.3 Å². The summed E-state index contributed by atoms with van der Waals surface area (Å²) in [7, 11) is 1.63. The van der Waals surface area contributed by atoms with E-state index in [0.29, 0.717) is 5.57 Å². The maximum atomic E-state index is 14.1. The lowest BCUT2D eigenvalue weighted by atomic mass is 9.86. The molecule has 0 saturated carbocycles. The molecule has 0 fully saturated rings. The smallest absolute Gasteiger partial charge is 0.256 e. The fourth-order valence-corrected chi connectivity index (χ4v) is 4.40. The number of anilines is 1. The molecule has 36 heavy (non-hydrogen) atoms. The van der Waals surface area contributed by atoms with Gasteiger partial charge in [-0.1, -0.05) is 103 Å². The Bertz CT molecular complexity index is 1390. The molecular formula is C32H30N2O2. The summed E-state index contributed by atoms with van der Waals surface area (Å²) in [6.45, 7) is 3.98. The molecule has 4 heteroatoms. The zero-order valence-corrected chi connectivity index (χ0v) is 20.8. The molecule has 0 atom stereocenters. The van der Waals surface area contributed by atoms with Crippen molar-refractivity contribution in [3.8, 4) is 0 Å². The number of likely N-dealkylation sites (N-methyl/N-ethyl adjacent to an activating group) is 1. The molecular weight excluding hydrogens is 444 g/mol. The van der Waals surface area contributed by atoms with E-state index in [1.807, 2.05) is 117 Å². The lowest BCUT2D eigenvalue weighted by Crippen LogP contribution is -2.21. The summed E-state index contributed by atoms with van der Waals surface area (Å²) in [5.74, 6) is -0.289. The van der Waals surface area contributed by atoms with Gasteiger partial charge in [-0.2, -0.15) is 0 Å². The van der Waals surface area contributed by atoms with Crippen LogP contribution in [-0.4, -0.2) is 18.9 Å². The minimum absolute atomic E-state index is 0.0869. The summed E-state index contributed by atoms with van der Waals surface area (Å²) in [5.41, 5.74) is 7.54.